The zero-order valence-corrected chi connectivity index (χ0v) is 14.6. The molecular weight excluding hydrogens is 348 g/mol. The molecule has 0 saturated carbocycles. The first-order valence-corrected chi connectivity index (χ1v) is 7.97. The first kappa shape index (κ1) is 20.7. The number of carbonyl (C=O) groups is 1. The normalized spacial score (nSPS) is 12.3. The maximum atomic E-state index is 12.9. The quantitative estimate of drug-likeness (QED) is 0.485. The summed E-state index contributed by atoms with van der Waals surface area (Å²) >= 11 is 5.62. The van der Waals surface area contributed by atoms with Gasteiger partial charge in [0.15, 0.2) is 0 Å². The minimum absolute atomic E-state index is 0.108. The topological polar surface area (TPSA) is 81.5 Å². The van der Waals surface area contributed by atoms with E-state index in [1.807, 2.05) is 0 Å². The maximum absolute atomic E-state index is 12.9. The average Bonchev–Trinajstić information content (AvgIpc) is 3.05. The molecule has 3 rings (SSSR count). The van der Waals surface area contributed by atoms with Crippen molar-refractivity contribution in [3.05, 3.63) is 69.7 Å². The molecule has 1 aliphatic rings. The first-order chi connectivity index (χ1) is 12.0. The summed E-state index contributed by atoms with van der Waals surface area (Å²) in [6.07, 6.45) is 3.47. The summed E-state index contributed by atoms with van der Waals surface area (Å²) in [7, 11) is 1.50. The second-order valence-corrected chi connectivity index (χ2v) is 5.40. The highest BCUT2D eigenvalue weighted by Crippen LogP contribution is 2.27. The number of amidine groups is 1. The summed E-state index contributed by atoms with van der Waals surface area (Å²) in [4.78, 5) is 13.1. The van der Waals surface area contributed by atoms with Crippen molar-refractivity contribution < 1.29 is 13.6 Å². The number of fused-ring (bicyclic) bond motifs is 1. The predicted molar refractivity (Wildman–Crippen MR) is 96.7 cm³/mol. The number of amides is 1. The van der Waals surface area contributed by atoms with Crippen LogP contribution in [-0.4, -0.2) is 19.3 Å². The van der Waals surface area contributed by atoms with Crippen LogP contribution in [-0.2, 0) is 17.6 Å². The molecule has 0 fully saturated rings. The minimum Gasteiger partial charge on any atom is -0.383 e. The van der Waals surface area contributed by atoms with E-state index in [2.05, 4.69) is 10.7 Å². The molecule has 0 spiro atoms. The Morgan fingerprint density at radius 3 is 2.32 bits per heavy atom. The average molecular weight is 368 g/mol. The summed E-state index contributed by atoms with van der Waals surface area (Å²) in [5.74, 6) is -0.879. The molecule has 0 unspecified atom stereocenters. The molecule has 1 amide bonds. The van der Waals surface area contributed by atoms with Gasteiger partial charge < -0.3 is 11.5 Å². The second-order valence-electron chi connectivity index (χ2n) is 4.99. The molecular formula is C18H20ClF2N3O. The Bertz CT molecular complexity index is 722. The van der Waals surface area contributed by atoms with Gasteiger partial charge in [-0.2, -0.15) is 4.99 Å². The van der Waals surface area contributed by atoms with Gasteiger partial charge in [0.05, 0.1) is 10.6 Å². The van der Waals surface area contributed by atoms with Crippen LogP contribution in [0.1, 0.15) is 23.1 Å². The molecule has 0 heterocycles. The Kier molecular flexibility index (Phi) is 8.74. The van der Waals surface area contributed by atoms with E-state index in [9.17, 15) is 13.6 Å². The highest BCUT2D eigenvalue weighted by molar-refractivity contribution is 6.30. The van der Waals surface area contributed by atoms with Crippen molar-refractivity contribution in [2.75, 3.05) is 7.05 Å². The molecule has 0 aromatic heterocycles. The number of carbonyl (C=O) groups excluding carboxylic acids is 1. The van der Waals surface area contributed by atoms with Gasteiger partial charge in [0, 0.05) is 0 Å². The van der Waals surface area contributed by atoms with Gasteiger partial charge in [0.1, 0.15) is 17.5 Å². The number of aryl methyl sites for hydroxylation is 2. The van der Waals surface area contributed by atoms with E-state index >= 15 is 0 Å². The van der Waals surface area contributed by atoms with Crippen LogP contribution in [0.25, 0.3) is 0 Å². The number of nitrogens with zero attached hydrogens (tertiary/aromatic N) is 1. The molecule has 7 heteroatoms. The van der Waals surface area contributed by atoms with E-state index in [1.165, 1.54) is 30.8 Å². The predicted octanol–water partition coefficient (Wildman–Crippen LogP) is 3.23. The molecule has 2 aromatic rings. The third-order valence-corrected chi connectivity index (χ3v) is 3.77. The number of nitrogens with two attached hydrogens (primary N) is 2. The largest absolute Gasteiger partial charge is 0.383 e. The highest BCUT2D eigenvalue weighted by Gasteiger charge is 2.13. The smallest absolute Gasteiger partial charge is 0.234 e. The van der Waals surface area contributed by atoms with E-state index in [0.29, 0.717) is 0 Å². The maximum Gasteiger partial charge on any atom is 0.234 e. The third-order valence-electron chi connectivity index (χ3n) is 3.48. The van der Waals surface area contributed by atoms with Crippen LogP contribution in [0.15, 0.2) is 41.4 Å². The Morgan fingerprint density at radius 1 is 1.12 bits per heavy atom. The minimum atomic E-state index is -0.486. The summed E-state index contributed by atoms with van der Waals surface area (Å²) < 4.78 is 25.7. The van der Waals surface area contributed by atoms with Crippen LogP contribution in [0, 0.1) is 11.6 Å². The van der Waals surface area contributed by atoms with Crippen molar-refractivity contribution in [2.24, 2.45) is 16.5 Å². The fourth-order valence-corrected chi connectivity index (χ4v) is 2.55. The lowest BCUT2D eigenvalue weighted by molar-refractivity contribution is -0.106. The lowest BCUT2D eigenvalue weighted by Gasteiger charge is -1.99. The number of hydrogen-bond acceptors (Lipinski definition) is 2. The fourth-order valence-electron chi connectivity index (χ4n) is 2.36. The van der Waals surface area contributed by atoms with Crippen LogP contribution < -0.4 is 11.5 Å². The monoisotopic (exact) mass is 367 g/mol. The van der Waals surface area contributed by atoms with Crippen LogP contribution in [0.3, 0.4) is 0 Å². The fraction of sp³-hybridized carbons (Fsp3) is 0.222. The van der Waals surface area contributed by atoms with Crippen LogP contribution in [0.4, 0.5) is 8.78 Å². The van der Waals surface area contributed by atoms with Crippen LogP contribution in [0.5, 0.6) is 0 Å². The van der Waals surface area contributed by atoms with Crippen molar-refractivity contribution in [1.29, 1.82) is 0 Å². The van der Waals surface area contributed by atoms with Crippen molar-refractivity contribution in [3.63, 3.8) is 0 Å². The summed E-state index contributed by atoms with van der Waals surface area (Å²) in [6, 6.07) is 9.17. The molecule has 25 heavy (non-hydrogen) atoms. The number of rotatable bonds is 2. The SMILES string of the molecule is CN.Fc1cc2c(cc1Cl)CCC2.NC(=NC=O)c1ccccc1F. The summed E-state index contributed by atoms with van der Waals surface area (Å²) in [6.45, 7) is 0. The molecule has 4 N–H and O–H groups in total. The third kappa shape index (κ3) is 5.92. The Balaban J connectivity index is 0.000000228. The lowest BCUT2D eigenvalue weighted by Crippen LogP contribution is -2.15. The van der Waals surface area contributed by atoms with Crippen molar-refractivity contribution in [1.82, 2.24) is 0 Å². The van der Waals surface area contributed by atoms with Gasteiger partial charge in [-0.05, 0) is 61.7 Å². The van der Waals surface area contributed by atoms with Gasteiger partial charge in [-0.1, -0.05) is 23.7 Å². The van der Waals surface area contributed by atoms with E-state index in [4.69, 9.17) is 17.3 Å². The molecule has 0 aliphatic heterocycles. The van der Waals surface area contributed by atoms with E-state index in [1.54, 1.807) is 18.2 Å². The molecule has 1 aliphatic carbocycles. The Hall–Kier alpha value is -2.31. The van der Waals surface area contributed by atoms with Gasteiger partial charge in [0.25, 0.3) is 0 Å². The Labute approximate surface area is 150 Å². The lowest BCUT2D eigenvalue weighted by atomic mass is 10.1. The molecule has 4 nitrogen and oxygen atoms in total. The van der Waals surface area contributed by atoms with Crippen molar-refractivity contribution in [3.8, 4) is 0 Å². The van der Waals surface area contributed by atoms with E-state index < -0.39 is 5.82 Å². The van der Waals surface area contributed by atoms with Gasteiger partial charge >= 0.3 is 0 Å². The van der Waals surface area contributed by atoms with E-state index in [-0.39, 0.29) is 28.6 Å². The van der Waals surface area contributed by atoms with Gasteiger partial charge in [-0.25, -0.2) is 8.78 Å². The number of hydrogen-bond donors (Lipinski definition) is 2. The van der Waals surface area contributed by atoms with Crippen molar-refractivity contribution >= 4 is 23.8 Å². The summed E-state index contributed by atoms with van der Waals surface area (Å²) in [5.41, 5.74) is 12.3. The highest BCUT2D eigenvalue weighted by atomic mass is 35.5. The zero-order chi connectivity index (χ0) is 18.8. The number of benzene rings is 2. The molecule has 0 radical (unpaired) electrons. The molecule has 0 saturated heterocycles. The molecule has 0 bridgehead atoms. The zero-order valence-electron chi connectivity index (χ0n) is 13.8. The number of aliphatic imine (C=N–C) groups is 1. The summed E-state index contributed by atoms with van der Waals surface area (Å²) in [5, 5.41) is 0.255. The first-order valence-electron chi connectivity index (χ1n) is 7.59. The standard InChI is InChI=1S/C9H8ClF.C8H7FN2O.CH5N/c10-8-4-6-2-1-3-7(6)5-9(8)11;9-7-4-2-1-3-6(7)8(10)11-5-12;1-2/h4-5H,1-3H2;1-5H,(H2,10,11,12);2H2,1H3. The van der Waals surface area contributed by atoms with Crippen LogP contribution in [0.2, 0.25) is 5.02 Å². The molecule has 134 valence electrons. The van der Waals surface area contributed by atoms with Crippen LogP contribution >= 0.6 is 11.6 Å². The van der Waals surface area contributed by atoms with Gasteiger partial charge in [-0.15, -0.1) is 0 Å². The van der Waals surface area contributed by atoms with E-state index in [0.717, 1.165) is 24.8 Å². The van der Waals surface area contributed by atoms with Gasteiger partial charge in [0.2, 0.25) is 6.41 Å². The number of halogens is 3. The second kappa shape index (κ2) is 10.5. The molecule has 2 aromatic carbocycles. The Morgan fingerprint density at radius 2 is 1.72 bits per heavy atom. The van der Waals surface area contributed by atoms with Crippen molar-refractivity contribution in [2.45, 2.75) is 19.3 Å². The van der Waals surface area contributed by atoms with Gasteiger partial charge in [-0.3, -0.25) is 4.79 Å². The molecule has 0 atom stereocenters.